The van der Waals surface area contributed by atoms with E-state index < -0.39 is 0 Å². The first-order valence-corrected chi connectivity index (χ1v) is 8.50. The van der Waals surface area contributed by atoms with Gasteiger partial charge in [0.05, 0.1) is 11.7 Å². The van der Waals surface area contributed by atoms with Crippen molar-refractivity contribution in [2.75, 3.05) is 14.1 Å². The van der Waals surface area contributed by atoms with E-state index in [-0.39, 0.29) is 11.6 Å². The van der Waals surface area contributed by atoms with Gasteiger partial charge in [0.25, 0.3) is 0 Å². The van der Waals surface area contributed by atoms with E-state index in [0.29, 0.717) is 6.04 Å². The zero-order valence-corrected chi connectivity index (χ0v) is 14.2. The maximum absolute atomic E-state index is 6.58. The van der Waals surface area contributed by atoms with Crippen LogP contribution in [0.25, 0.3) is 0 Å². The van der Waals surface area contributed by atoms with E-state index in [4.69, 9.17) is 10.8 Å². The number of nitrogens with zero attached hydrogens (tertiary/aromatic N) is 3. The predicted molar refractivity (Wildman–Crippen MR) is 88.4 cm³/mol. The van der Waals surface area contributed by atoms with Crippen LogP contribution < -0.4 is 5.73 Å². The van der Waals surface area contributed by atoms with E-state index in [1.54, 1.807) is 0 Å². The summed E-state index contributed by atoms with van der Waals surface area (Å²) < 4.78 is 2.17. The van der Waals surface area contributed by atoms with Crippen LogP contribution in [-0.4, -0.2) is 40.4 Å². The number of aromatic nitrogens is 2. The lowest BCUT2D eigenvalue weighted by Gasteiger charge is -2.43. The third kappa shape index (κ3) is 3.32. The monoisotopic (exact) mass is 292 g/mol. The van der Waals surface area contributed by atoms with Crippen LogP contribution in [0.15, 0.2) is 12.3 Å². The van der Waals surface area contributed by atoms with E-state index in [1.807, 2.05) is 0 Å². The highest BCUT2D eigenvalue weighted by Gasteiger charge is 2.35. The van der Waals surface area contributed by atoms with Crippen molar-refractivity contribution in [1.82, 2.24) is 14.7 Å². The van der Waals surface area contributed by atoms with Gasteiger partial charge < -0.3 is 10.6 Å². The van der Waals surface area contributed by atoms with Gasteiger partial charge in [0, 0.05) is 24.2 Å². The van der Waals surface area contributed by atoms with Crippen LogP contribution >= 0.6 is 0 Å². The van der Waals surface area contributed by atoms with Crippen LogP contribution in [0.1, 0.15) is 64.1 Å². The fraction of sp³-hybridized carbons (Fsp3) is 0.824. The third-order valence-corrected chi connectivity index (χ3v) is 5.60. The standard InChI is InChI=1S/C17H32N4/c1-5-17(6-2,20(3)4)16(18)13-14-11-12-21(19-14)15-9-7-8-10-15/h11-12,15-16H,5-10,13,18H2,1-4H3. The molecule has 4 heteroatoms. The van der Waals surface area contributed by atoms with Gasteiger partial charge >= 0.3 is 0 Å². The van der Waals surface area contributed by atoms with Crippen molar-refractivity contribution in [3.8, 4) is 0 Å². The van der Waals surface area contributed by atoms with Gasteiger partial charge in [0.2, 0.25) is 0 Å². The fourth-order valence-corrected chi connectivity index (χ4v) is 4.01. The number of hydrogen-bond donors (Lipinski definition) is 1. The molecule has 1 aliphatic rings. The molecule has 0 saturated heterocycles. The van der Waals surface area contributed by atoms with Crippen LogP contribution in [0, 0.1) is 0 Å². The summed E-state index contributed by atoms with van der Waals surface area (Å²) in [6, 6.07) is 2.89. The minimum Gasteiger partial charge on any atom is -0.326 e. The Hall–Kier alpha value is -0.870. The van der Waals surface area contributed by atoms with Crippen molar-refractivity contribution in [3.63, 3.8) is 0 Å². The molecule has 120 valence electrons. The average molecular weight is 292 g/mol. The molecule has 1 atom stereocenters. The molecule has 2 rings (SSSR count). The first kappa shape index (κ1) is 16.5. The minimum atomic E-state index is 0.0666. The highest BCUT2D eigenvalue weighted by Crippen LogP contribution is 2.30. The topological polar surface area (TPSA) is 47.1 Å². The Morgan fingerprint density at radius 3 is 2.48 bits per heavy atom. The highest BCUT2D eigenvalue weighted by atomic mass is 15.3. The Bertz CT molecular complexity index is 428. The van der Waals surface area contributed by atoms with E-state index in [2.05, 4.69) is 49.8 Å². The second-order valence-corrected chi connectivity index (χ2v) is 6.74. The SMILES string of the molecule is CCC(CC)(C(N)Cc1ccn(C2CCCC2)n1)N(C)C. The lowest BCUT2D eigenvalue weighted by atomic mass is 9.81. The normalized spacial score (nSPS) is 18.6. The Balaban J connectivity index is 2.06. The summed E-state index contributed by atoms with van der Waals surface area (Å²) in [7, 11) is 4.29. The van der Waals surface area contributed by atoms with E-state index in [1.165, 1.54) is 25.7 Å². The molecular formula is C17H32N4. The molecule has 0 amide bonds. The summed E-state index contributed by atoms with van der Waals surface area (Å²) in [5, 5.41) is 4.79. The van der Waals surface area contributed by atoms with Crippen LogP contribution in [-0.2, 0) is 6.42 Å². The second-order valence-electron chi connectivity index (χ2n) is 6.74. The molecule has 2 N–H and O–H groups in total. The molecule has 1 fully saturated rings. The van der Waals surface area contributed by atoms with Gasteiger partial charge in [0.15, 0.2) is 0 Å². The van der Waals surface area contributed by atoms with Crippen LogP contribution in [0.3, 0.4) is 0 Å². The molecule has 1 aromatic heterocycles. The van der Waals surface area contributed by atoms with Crippen LogP contribution in [0.2, 0.25) is 0 Å². The Labute approximate surface area is 129 Å². The quantitative estimate of drug-likeness (QED) is 0.840. The van der Waals surface area contributed by atoms with Crippen molar-refractivity contribution >= 4 is 0 Å². The molecule has 1 unspecified atom stereocenters. The highest BCUT2D eigenvalue weighted by molar-refractivity contribution is 5.07. The van der Waals surface area contributed by atoms with Crippen molar-refractivity contribution < 1.29 is 0 Å². The number of hydrogen-bond acceptors (Lipinski definition) is 3. The van der Waals surface area contributed by atoms with Gasteiger partial charge in [-0.25, -0.2) is 0 Å². The molecule has 0 aromatic carbocycles. The van der Waals surface area contributed by atoms with E-state index in [0.717, 1.165) is 25.0 Å². The number of likely N-dealkylation sites (N-methyl/N-ethyl adjacent to an activating group) is 1. The van der Waals surface area contributed by atoms with Crippen LogP contribution in [0.5, 0.6) is 0 Å². The Kier molecular flexibility index (Phi) is 5.44. The van der Waals surface area contributed by atoms with Gasteiger partial charge in [-0.2, -0.15) is 5.10 Å². The van der Waals surface area contributed by atoms with Gasteiger partial charge in [-0.15, -0.1) is 0 Å². The number of rotatable bonds is 7. The molecule has 0 spiro atoms. The summed E-state index contributed by atoms with van der Waals surface area (Å²) in [5.74, 6) is 0. The van der Waals surface area contributed by atoms with Gasteiger partial charge in [-0.3, -0.25) is 4.68 Å². The maximum Gasteiger partial charge on any atom is 0.0640 e. The molecule has 1 saturated carbocycles. The maximum atomic E-state index is 6.58. The van der Waals surface area contributed by atoms with E-state index >= 15 is 0 Å². The molecule has 1 aliphatic carbocycles. The molecule has 1 aromatic rings. The van der Waals surface area contributed by atoms with Gasteiger partial charge in [0.1, 0.15) is 0 Å². The lowest BCUT2D eigenvalue weighted by molar-refractivity contribution is 0.105. The lowest BCUT2D eigenvalue weighted by Crippen LogP contribution is -2.57. The average Bonchev–Trinajstić information content (AvgIpc) is 3.10. The molecule has 0 bridgehead atoms. The zero-order valence-electron chi connectivity index (χ0n) is 14.2. The third-order valence-electron chi connectivity index (χ3n) is 5.60. The smallest absolute Gasteiger partial charge is 0.0640 e. The van der Waals surface area contributed by atoms with Crippen molar-refractivity contribution in [1.29, 1.82) is 0 Å². The predicted octanol–water partition coefficient (Wildman–Crippen LogP) is 2.99. The molecule has 21 heavy (non-hydrogen) atoms. The summed E-state index contributed by atoms with van der Waals surface area (Å²) in [6.45, 7) is 4.47. The molecule has 0 aliphatic heterocycles. The fourth-order valence-electron chi connectivity index (χ4n) is 4.01. The van der Waals surface area contributed by atoms with E-state index in [9.17, 15) is 0 Å². The first-order valence-electron chi connectivity index (χ1n) is 8.50. The first-order chi connectivity index (χ1) is 10.0. The molecule has 4 nitrogen and oxygen atoms in total. The van der Waals surface area contributed by atoms with Gasteiger partial charge in [-0.05, 0) is 45.8 Å². The van der Waals surface area contributed by atoms with Gasteiger partial charge in [-0.1, -0.05) is 26.7 Å². The Morgan fingerprint density at radius 2 is 1.95 bits per heavy atom. The minimum absolute atomic E-state index is 0.0666. The van der Waals surface area contributed by atoms with Crippen LogP contribution in [0.4, 0.5) is 0 Å². The largest absolute Gasteiger partial charge is 0.326 e. The number of nitrogens with two attached hydrogens (primary N) is 1. The Morgan fingerprint density at radius 1 is 1.33 bits per heavy atom. The summed E-state index contributed by atoms with van der Waals surface area (Å²) in [4.78, 5) is 2.30. The second kappa shape index (κ2) is 6.93. The summed E-state index contributed by atoms with van der Waals surface area (Å²) >= 11 is 0. The molecule has 1 heterocycles. The van der Waals surface area contributed by atoms with Crippen molar-refractivity contribution in [2.45, 2.75) is 76.4 Å². The summed E-state index contributed by atoms with van der Waals surface area (Å²) in [6.07, 6.45) is 10.4. The van der Waals surface area contributed by atoms with Crippen molar-refractivity contribution in [3.05, 3.63) is 18.0 Å². The summed E-state index contributed by atoms with van der Waals surface area (Å²) in [5.41, 5.74) is 7.79. The zero-order chi connectivity index (χ0) is 15.5. The molecule has 0 radical (unpaired) electrons. The van der Waals surface area contributed by atoms with Crippen molar-refractivity contribution in [2.24, 2.45) is 5.73 Å². The molecular weight excluding hydrogens is 260 g/mol.